The van der Waals surface area contributed by atoms with Crippen molar-refractivity contribution in [3.05, 3.63) is 18.1 Å². The van der Waals surface area contributed by atoms with E-state index in [0.717, 1.165) is 17.9 Å². The minimum absolute atomic E-state index is 0.0811. The minimum atomic E-state index is -0.772. The van der Waals surface area contributed by atoms with Gasteiger partial charge in [-0.2, -0.15) is 0 Å². The zero-order chi connectivity index (χ0) is 12.0. The second-order valence-corrected chi connectivity index (χ2v) is 3.83. The molecule has 1 aromatic heterocycles. The third-order valence-corrected chi connectivity index (χ3v) is 2.24. The van der Waals surface area contributed by atoms with Gasteiger partial charge in [-0.3, -0.25) is 4.79 Å². The van der Waals surface area contributed by atoms with Crippen molar-refractivity contribution < 1.29 is 9.90 Å². The van der Waals surface area contributed by atoms with Crippen LogP contribution in [-0.2, 0) is 11.2 Å². The van der Waals surface area contributed by atoms with Gasteiger partial charge in [0, 0.05) is 24.7 Å². The smallest absolute Gasteiger partial charge is 0.303 e. The SMILES string of the molecule is CCc1cc(NCC(C)CC(=O)O)ncn1. The topological polar surface area (TPSA) is 75.1 Å². The van der Waals surface area contributed by atoms with E-state index in [-0.39, 0.29) is 12.3 Å². The molecule has 0 aliphatic carbocycles. The van der Waals surface area contributed by atoms with Crippen molar-refractivity contribution in [1.29, 1.82) is 0 Å². The predicted molar refractivity (Wildman–Crippen MR) is 61.3 cm³/mol. The average molecular weight is 223 g/mol. The fraction of sp³-hybridized carbons (Fsp3) is 0.545. The molecule has 1 unspecified atom stereocenters. The van der Waals surface area contributed by atoms with E-state index >= 15 is 0 Å². The first-order valence-corrected chi connectivity index (χ1v) is 5.38. The highest BCUT2D eigenvalue weighted by Crippen LogP contribution is 2.07. The molecule has 2 N–H and O–H groups in total. The van der Waals surface area contributed by atoms with Gasteiger partial charge in [0.25, 0.3) is 0 Å². The first kappa shape index (κ1) is 12.4. The van der Waals surface area contributed by atoms with E-state index in [1.54, 1.807) is 0 Å². The van der Waals surface area contributed by atoms with Crippen LogP contribution in [-0.4, -0.2) is 27.6 Å². The third-order valence-electron chi connectivity index (χ3n) is 2.24. The molecular weight excluding hydrogens is 206 g/mol. The Bertz CT molecular complexity index is 355. The normalized spacial score (nSPS) is 12.1. The van der Waals surface area contributed by atoms with Gasteiger partial charge >= 0.3 is 5.97 Å². The summed E-state index contributed by atoms with van der Waals surface area (Å²) in [7, 11) is 0. The molecule has 16 heavy (non-hydrogen) atoms. The van der Waals surface area contributed by atoms with Crippen LogP contribution < -0.4 is 5.32 Å². The van der Waals surface area contributed by atoms with Crippen molar-refractivity contribution in [1.82, 2.24) is 9.97 Å². The Morgan fingerprint density at radius 1 is 1.56 bits per heavy atom. The molecule has 0 fully saturated rings. The summed E-state index contributed by atoms with van der Waals surface area (Å²) in [5.74, 6) is 0.0628. The van der Waals surface area contributed by atoms with Crippen LogP contribution in [0.4, 0.5) is 5.82 Å². The van der Waals surface area contributed by atoms with Crippen LogP contribution >= 0.6 is 0 Å². The van der Waals surface area contributed by atoms with Gasteiger partial charge in [-0.1, -0.05) is 13.8 Å². The number of anilines is 1. The quantitative estimate of drug-likeness (QED) is 0.765. The second-order valence-electron chi connectivity index (χ2n) is 3.83. The number of nitrogens with zero attached hydrogens (tertiary/aromatic N) is 2. The maximum atomic E-state index is 10.5. The van der Waals surface area contributed by atoms with E-state index in [0.29, 0.717) is 6.54 Å². The lowest BCUT2D eigenvalue weighted by Crippen LogP contribution is -2.15. The number of nitrogens with one attached hydrogen (secondary N) is 1. The molecule has 5 nitrogen and oxygen atoms in total. The van der Waals surface area contributed by atoms with E-state index in [2.05, 4.69) is 15.3 Å². The molecule has 0 aliphatic rings. The van der Waals surface area contributed by atoms with Gasteiger partial charge in [0.05, 0.1) is 0 Å². The monoisotopic (exact) mass is 223 g/mol. The Balaban J connectivity index is 2.44. The Morgan fingerprint density at radius 3 is 2.94 bits per heavy atom. The van der Waals surface area contributed by atoms with E-state index < -0.39 is 5.97 Å². The molecule has 0 radical (unpaired) electrons. The zero-order valence-corrected chi connectivity index (χ0v) is 9.60. The highest BCUT2D eigenvalue weighted by molar-refractivity contribution is 5.67. The number of hydrogen-bond acceptors (Lipinski definition) is 4. The molecule has 0 amide bonds. The summed E-state index contributed by atoms with van der Waals surface area (Å²) < 4.78 is 0. The Kier molecular flexibility index (Phi) is 4.69. The van der Waals surface area contributed by atoms with Crippen LogP contribution in [0.15, 0.2) is 12.4 Å². The number of aliphatic carboxylic acids is 1. The molecule has 0 spiro atoms. The van der Waals surface area contributed by atoms with E-state index in [1.165, 1.54) is 6.33 Å². The Morgan fingerprint density at radius 2 is 2.31 bits per heavy atom. The maximum absolute atomic E-state index is 10.5. The first-order valence-electron chi connectivity index (χ1n) is 5.38. The van der Waals surface area contributed by atoms with Crippen molar-refractivity contribution in [2.45, 2.75) is 26.7 Å². The summed E-state index contributed by atoms with van der Waals surface area (Å²) >= 11 is 0. The van der Waals surface area contributed by atoms with Crippen LogP contribution in [0, 0.1) is 5.92 Å². The van der Waals surface area contributed by atoms with Crippen LogP contribution in [0.1, 0.15) is 26.0 Å². The summed E-state index contributed by atoms with van der Waals surface area (Å²) in [6.07, 6.45) is 2.55. The predicted octanol–water partition coefficient (Wildman–Crippen LogP) is 1.56. The lowest BCUT2D eigenvalue weighted by atomic mass is 10.1. The number of hydrogen-bond donors (Lipinski definition) is 2. The van der Waals surface area contributed by atoms with Crippen LogP contribution in [0.2, 0.25) is 0 Å². The third kappa shape index (κ3) is 4.25. The van der Waals surface area contributed by atoms with E-state index in [4.69, 9.17) is 5.11 Å². The number of rotatable bonds is 6. The van der Waals surface area contributed by atoms with Gasteiger partial charge in [0.1, 0.15) is 12.1 Å². The highest BCUT2D eigenvalue weighted by Gasteiger charge is 2.07. The van der Waals surface area contributed by atoms with Gasteiger partial charge in [-0.25, -0.2) is 9.97 Å². The molecule has 1 rings (SSSR count). The summed E-state index contributed by atoms with van der Waals surface area (Å²) in [6, 6.07) is 1.88. The molecular formula is C11H17N3O2. The van der Waals surface area contributed by atoms with Crippen molar-refractivity contribution in [3.8, 4) is 0 Å². The molecule has 1 heterocycles. The minimum Gasteiger partial charge on any atom is -0.481 e. The molecule has 1 aromatic rings. The lowest BCUT2D eigenvalue weighted by Gasteiger charge is -2.10. The summed E-state index contributed by atoms with van der Waals surface area (Å²) in [5, 5.41) is 11.7. The standard InChI is InChI=1S/C11H17N3O2/c1-3-9-5-10(14-7-13-9)12-6-8(2)4-11(15)16/h5,7-8H,3-4,6H2,1-2H3,(H,15,16)(H,12,13,14). The highest BCUT2D eigenvalue weighted by atomic mass is 16.4. The van der Waals surface area contributed by atoms with Crippen molar-refractivity contribution in [2.24, 2.45) is 5.92 Å². The van der Waals surface area contributed by atoms with Gasteiger partial charge in [-0.05, 0) is 12.3 Å². The molecule has 0 saturated carbocycles. The first-order chi connectivity index (χ1) is 7.61. The molecule has 0 aromatic carbocycles. The zero-order valence-electron chi connectivity index (χ0n) is 9.60. The average Bonchev–Trinajstić information content (AvgIpc) is 2.26. The van der Waals surface area contributed by atoms with Gasteiger partial charge in [-0.15, -0.1) is 0 Å². The molecule has 0 saturated heterocycles. The summed E-state index contributed by atoms with van der Waals surface area (Å²) in [4.78, 5) is 18.6. The number of carboxylic acids is 1. The van der Waals surface area contributed by atoms with Crippen LogP contribution in [0.3, 0.4) is 0 Å². The number of carbonyl (C=O) groups is 1. The Labute approximate surface area is 94.9 Å². The number of carboxylic acid groups (broad SMARTS) is 1. The number of aromatic nitrogens is 2. The van der Waals surface area contributed by atoms with Gasteiger partial charge < -0.3 is 10.4 Å². The number of aryl methyl sites for hydroxylation is 1. The maximum Gasteiger partial charge on any atom is 0.303 e. The van der Waals surface area contributed by atoms with Crippen LogP contribution in [0.5, 0.6) is 0 Å². The summed E-state index contributed by atoms with van der Waals surface area (Å²) in [6.45, 7) is 4.52. The fourth-order valence-corrected chi connectivity index (χ4v) is 1.34. The summed E-state index contributed by atoms with van der Waals surface area (Å²) in [5.41, 5.74) is 0.975. The van der Waals surface area contributed by atoms with E-state index in [9.17, 15) is 4.79 Å². The lowest BCUT2D eigenvalue weighted by molar-refractivity contribution is -0.137. The van der Waals surface area contributed by atoms with E-state index in [1.807, 2.05) is 19.9 Å². The molecule has 88 valence electrons. The van der Waals surface area contributed by atoms with Crippen molar-refractivity contribution in [3.63, 3.8) is 0 Å². The largest absolute Gasteiger partial charge is 0.481 e. The van der Waals surface area contributed by atoms with Gasteiger partial charge in [0.15, 0.2) is 0 Å². The van der Waals surface area contributed by atoms with Crippen LogP contribution in [0.25, 0.3) is 0 Å². The second kappa shape index (κ2) is 6.05. The molecule has 1 atom stereocenters. The molecule has 5 heteroatoms. The fourth-order valence-electron chi connectivity index (χ4n) is 1.34. The van der Waals surface area contributed by atoms with Gasteiger partial charge in [0.2, 0.25) is 0 Å². The molecule has 0 bridgehead atoms. The molecule has 0 aliphatic heterocycles. The Hall–Kier alpha value is -1.65. The van der Waals surface area contributed by atoms with Crippen molar-refractivity contribution >= 4 is 11.8 Å². The van der Waals surface area contributed by atoms with Crippen molar-refractivity contribution in [2.75, 3.05) is 11.9 Å².